The van der Waals surface area contributed by atoms with Crippen molar-refractivity contribution in [2.45, 2.75) is 0 Å². The summed E-state index contributed by atoms with van der Waals surface area (Å²) in [5.74, 6) is 1.33. The molecule has 0 saturated heterocycles. The number of nitrogens with one attached hydrogen (secondary N) is 1. The highest BCUT2D eigenvalue weighted by molar-refractivity contribution is 9.11. The molecule has 0 spiro atoms. The van der Waals surface area contributed by atoms with E-state index in [1.54, 1.807) is 13.3 Å². The van der Waals surface area contributed by atoms with E-state index in [0.717, 1.165) is 20.4 Å². The fourth-order valence-electron chi connectivity index (χ4n) is 1.29. The van der Waals surface area contributed by atoms with E-state index in [9.17, 15) is 0 Å². The van der Waals surface area contributed by atoms with Crippen molar-refractivity contribution in [3.05, 3.63) is 38.6 Å². The molecule has 7 heteroatoms. The summed E-state index contributed by atoms with van der Waals surface area (Å²) in [6.45, 7) is 0. The van der Waals surface area contributed by atoms with Crippen LogP contribution >= 0.6 is 43.5 Å². The zero-order valence-corrected chi connectivity index (χ0v) is 13.2. The largest absolute Gasteiger partial charge is 0.497 e. The predicted octanol–water partition coefficient (Wildman–Crippen LogP) is 4.41. The highest BCUT2D eigenvalue weighted by Crippen LogP contribution is 2.31. The fraction of sp³-hybridized carbons (Fsp3) is 0.0909. The van der Waals surface area contributed by atoms with Crippen molar-refractivity contribution in [3.63, 3.8) is 0 Å². The second kappa shape index (κ2) is 5.86. The Hall–Kier alpha value is -0.850. The number of nitrogens with zero attached hydrogens (tertiary/aromatic N) is 2. The minimum Gasteiger partial charge on any atom is -0.497 e. The van der Waals surface area contributed by atoms with Crippen LogP contribution in [0.4, 0.5) is 11.5 Å². The van der Waals surface area contributed by atoms with Crippen molar-refractivity contribution in [1.29, 1.82) is 0 Å². The normalized spacial score (nSPS) is 10.2. The molecule has 0 aliphatic rings. The standard InChI is InChI=1S/C11H8Br2ClN3O/c1-18-6-2-3-7(12)9(4-6)16-10-8(13)5-15-11(14)17-10/h2-5H,1H3,(H,15,16,17). The molecule has 94 valence electrons. The molecule has 0 bridgehead atoms. The van der Waals surface area contributed by atoms with Crippen LogP contribution in [0.25, 0.3) is 0 Å². The lowest BCUT2D eigenvalue weighted by Gasteiger charge is -2.10. The van der Waals surface area contributed by atoms with Gasteiger partial charge in [0.25, 0.3) is 0 Å². The molecule has 0 atom stereocenters. The first-order chi connectivity index (χ1) is 8.60. The first kappa shape index (κ1) is 13.6. The van der Waals surface area contributed by atoms with E-state index in [1.807, 2.05) is 18.2 Å². The smallest absolute Gasteiger partial charge is 0.224 e. The molecular formula is C11H8Br2ClN3O. The van der Waals surface area contributed by atoms with E-state index in [1.165, 1.54) is 0 Å². The summed E-state index contributed by atoms with van der Waals surface area (Å²) in [4.78, 5) is 7.97. The maximum Gasteiger partial charge on any atom is 0.224 e. The quantitative estimate of drug-likeness (QED) is 0.785. The van der Waals surface area contributed by atoms with Crippen molar-refractivity contribution in [3.8, 4) is 5.75 Å². The van der Waals surface area contributed by atoms with Gasteiger partial charge in [-0.1, -0.05) is 0 Å². The Balaban J connectivity index is 2.36. The van der Waals surface area contributed by atoms with E-state index >= 15 is 0 Å². The lowest BCUT2D eigenvalue weighted by Crippen LogP contribution is -1.97. The van der Waals surface area contributed by atoms with Gasteiger partial charge in [-0.3, -0.25) is 0 Å². The molecule has 0 aliphatic heterocycles. The van der Waals surface area contributed by atoms with Crippen molar-refractivity contribution in [2.75, 3.05) is 12.4 Å². The lowest BCUT2D eigenvalue weighted by atomic mass is 10.3. The van der Waals surface area contributed by atoms with Gasteiger partial charge in [-0.15, -0.1) is 0 Å². The van der Waals surface area contributed by atoms with Crippen LogP contribution in [-0.2, 0) is 0 Å². The predicted molar refractivity (Wildman–Crippen MR) is 78.7 cm³/mol. The summed E-state index contributed by atoms with van der Waals surface area (Å²) in [7, 11) is 1.62. The van der Waals surface area contributed by atoms with Crippen molar-refractivity contribution in [2.24, 2.45) is 0 Å². The molecule has 2 rings (SSSR count). The summed E-state index contributed by atoms with van der Waals surface area (Å²) in [5, 5.41) is 3.33. The van der Waals surface area contributed by atoms with Gasteiger partial charge < -0.3 is 10.1 Å². The van der Waals surface area contributed by atoms with Gasteiger partial charge in [0, 0.05) is 16.7 Å². The number of aromatic nitrogens is 2. The first-order valence-corrected chi connectivity index (χ1v) is 6.85. The van der Waals surface area contributed by atoms with E-state index in [4.69, 9.17) is 16.3 Å². The molecule has 0 saturated carbocycles. The van der Waals surface area contributed by atoms with Gasteiger partial charge in [-0.25, -0.2) is 4.98 Å². The van der Waals surface area contributed by atoms with Crippen molar-refractivity contribution >= 4 is 55.0 Å². The Morgan fingerprint density at radius 3 is 2.78 bits per heavy atom. The Bertz CT molecular complexity index is 580. The maximum atomic E-state index is 5.76. The Kier molecular flexibility index (Phi) is 4.42. The topological polar surface area (TPSA) is 47.0 Å². The molecule has 0 radical (unpaired) electrons. The summed E-state index contributed by atoms with van der Waals surface area (Å²) < 4.78 is 6.79. The number of hydrogen-bond donors (Lipinski definition) is 1. The molecule has 4 nitrogen and oxygen atoms in total. The highest BCUT2D eigenvalue weighted by atomic mass is 79.9. The number of halogens is 3. The summed E-state index contributed by atoms with van der Waals surface area (Å²) in [5.41, 5.74) is 0.824. The van der Waals surface area contributed by atoms with Crippen LogP contribution in [0.5, 0.6) is 5.75 Å². The van der Waals surface area contributed by atoms with Gasteiger partial charge in [0.05, 0.1) is 17.3 Å². The van der Waals surface area contributed by atoms with Crippen LogP contribution < -0.4 is 10.1 Å². The first-order valence-electron chi connectivity index (χ1n) is 4.89. The van der Waals surface area contributed by atoms with Crippen LogP contribution in [-0.4, -0.2) is 17.1 Å². The molecule has 0 unspecified atom stereocenters. The zero-order chi connectivity index (χ0) is 13.1. The minimum absolute atomic E-state index is 0.180. The van der Waals surface area contributed by atoms with Crippen molar-refractivity contribution in [1.82, 2.24) is 9.97 Å². The second-order valence-electron chi connectivity index (χ2n) is 3.31. The number of hydrogen-bond acceptors (Lipinski definition) is 4. The van der Waals surface area contributed by atoms with Crippen molar-refractivity contribution < 1.29 is 4.74 Å². The molecule has 1 aromatic carbocycles. The molecule has 1 N–H and O–H groups in total. The third-order valence-electron chi connectivity index (χ3n) is 2.14. The molecule has 0 amide bonds. The third kappa shape index (κ3) is 3.13. The zero-order valence-electron chi connectivity index (χ0n) is 9.25. The second-order valence-corrected chi connectivity index (χ2v) is 5.35. The molecule has 2 aromatic rings. The van der Waals surface area contributed by atoms with Gasteiger partial charge in [-0.2, -0.15) is 4.98 Å². The van der Waals surface area contributed by atoms with Crippen LogP contribution in [0.1, 0.15) is 0 Å². The Morgan fingerprint density at radius 1 is 1.28 bits per heavy atom. The van der Waals surface area contributed by atoms with Gasteiger partial charge in [0.2, 0.25) is 5.28 Å². The SMILES string of the molecule is COc1ccc(Br)c(Nc2nc(Cl)ncc2Br)c1. The van der Waals surface area contributed by atoms with Gasteiger partial charge in [0.15, 0.2) is 0 Å². The number of benzene rings is 1. The molecule has 18 heavy (non-hydrogen) atoms. The maximum absolute atomic E-state index is 5.76. The highest BCUT2D eigenvalue weighted by Gasteiger charge is 2.07. The third-order valence-corrected chi connectivity index (χ3v) is 3.60. The van der Waals surface area contributed by atoms with E-state index in [2.05, 4.69) is 47.1 Å². The van der Waals surface area contributed by atoms with E-state index in [0.29, 0.717) is 5.82 Å². The van der Waals surface area contributed by atoms with Crippen LogP contribution in [0.15, 0.2) is 33.3 Å². The summed E-state index contributed by atoms with van der Waals surface area (Å²) in [6, 6.07) is 5.60. The van der Waals surface area contributed by atoms with Gasteiger partial charge in [-0.05, 0) is 55.6 Å². The Labute approximate surface area is 126 Å². The monoisotopic (exact) mass is 391 g/mol. The number of methoxy groups -OCH3 is 1. The molecule has 1 heterocycles. The van der Waals surface area contributed by atoms with Crippen LogP contribution in [0.3, 0.4) is 0 Å². The Morgan fingerprint density at radius 2 is 2.06 bits per heavy atom. The van der Waals surface area contributed by atoms with Gasteiger partial charge in [0.1, 0.15) is 11.6 Å². The molecule has 0 aliphatic carbocycles. The number of anilines is 2. The average molecular weight is 393 g/mol. The molecular weight excluding hydrogens is 385 g/mol. The summed E-state index contributed by atoms with van der Waals surface area (Å²) >= 11 is 12.6. The fourth-order valence-corrected chi connectivity index (χ4v) is 2.06. The van der Waals surface area contributed by atoms with Gasteiger partial charge >= 0.3 is 0 Å². The lowest BCUT2D eigenvalue weighted by molar-refractivity contribution is 0.415. The molecule has 1 aromatic heterocycles. The molecule has 0 fully saturated rings. The van der Waals surface area contributed by atoms with E-state index in [-0.39, 0.29) is 5.28 Å². The number of rotatable bonds is 3. The minimum atomic E-state index is 0.180. The van der Waals surface area contributed by atoms with Crippen LogP contribution in [0, 0.1) is 0 Å². The average Bonchev–Trinajstić information content (AvgIpc) is 2.36. The summed E-state index contributed by atoms with van der Waals surface area (Å²) in [6.07, 6.45) is 1.59. The number of ether oxygens (including phenoxy) is 1. The van der Waals surface area contributed by atoms with E-state index < -0.39 is 0 Å². The van der Waals surface area contributed by atoms with Crippen LogP contribution in [0.2, 0.25) is 5.28 Å².